The Labute approximate surface area is 273 Å². The lowest BCUT2D eigenvalue weighted by molar-refractivity contribution is -0.147. The number of rotatable bonds is 15. The van der Waals surface area contributed by atoms with E-state index in [0.717, 1.165) is 5.56 Å². The summed E-state index contributed by atoms with van der Waals surface area (Å²) in [5.41, 5.74) is 7.86. The van der Waals surface area contributed by atoms with Crippen molar-refractivity contribution < 1.29 is 33.8 Å². The number of likely N-dealkylation sites (tertiary alicyclic amines) is 1. The number of alkyl carbamates (subject to hydrolysis) is 1. The number of carbonyl (C=O) groups excluding carboxylic acids is 5. The van der Waals surface area contributed by atoms with E-state index in [0.29, 0.717) is 36.9 Å². The number of nitrogens with two attached hydrogens (primary N) is 1. The Balaban J connectivity index is 1.43. The number of ether oxygens (including phenoxy) is 1. The van der Waals surface area contributed by atoms with Crippen LogP contribution in [0.4, 0.5) is 4.79 Å². The number of hydrogen-bond acceptors (Lipinski definition) is 7. The summed E-state index contributed by atoms with van der Waals surface area (Å²) in [6.45, 7) is 0.578. The molecule has 0 aromatic heterocycles. The third-order valence-electron chi connectivity index (χ3n) is 7.88. The Hall–Kier alpha value is -5.23. The highest BCUT2D eigenvalue weighted by atomic mass is 16.5. The van der Waals surface area contributed by atoms with Crippen molar-refractivity contribution in [1.29, 1.82) is 0 Å². The summed E-state index contributed by atoms with van der Waals surface area (Å²) in [5, 5.41) is 19.3. The van der Waals surface area contributed by atoms with Gasteiger partial charge in [0.05, 0.1) is 12.5 Å². The second-order valence-corrected chi connectivity index (χ2v) is 11.4. The van der Waals surface area contributed by atoms with E-state index in [1.807, 2.05) is 36.4 Å². The molecule has 0 radical (unpaired) electrons. The average Bonchev–Trinajstić information content (AvgIpc) is 3.58. The minimum Gasteiger partial charge on any atom is -0.445 e. The van der Waals surface area contributed by atoms with Gasteiger partial charge in [-0.1, -0.05) is 91.0 Å². The number of amides is 5. The second kappa shape index (κ2) is 17.5. The van der Waals surface area contributed by atoms with Gasteiger partial charge in [0, 0.05) is 13.1 Å². The third kappa shape index (κ3) is 10.7. The predicted octanol–water partition coefficient (Wildman–Crippen LogP) is 1.60. The zero-order valence-electron chi connectivity index (χ0n) is 26.0. The second-order valence-electron chi connectivity index (χ2n) is 11.4. The van der Waals surface area contributed by atoms with Crippen LogP contribution >= 0.6 is 0 Å². The number of hydrogen-bond donors (Lipinski definition) is 5. The van der Waals surface area contributed by atoms with Crippen LogP contribution in [0.5, 0.6) is 0 Å². The molecule has 6 N–H and O–H groups in total. The molecule has 1 heterocycles. The molecule has 1 aliphatic rings. The largest absolute Gasteiger partial charge is 0.445 e. The highest BCUT2D eigenvalue weighted by Crippen LogP contribution is 2.20. The maximum atomic E-state index is 13.7. The molecule has 4 rings (SSSR count). The van der Waals surface area contributed by atoms with Gasteiger partial charge < -0.3 is 36.4 Å². The van der Waals surface area contributed by atoms with E-state index in [4.69, 9.17) is 10.5 Å². The van der Waals surface area contributed by atoms with Crippen LogP contribution in [-0.2, 0) is 43.4 Å². The number of nitrogens with one attached hydrogen (secondary N) is 3. The molecular weight excluding hydrogens is 602 g/mol. The normalized spacial score (nSPS) is 15.9. The van der Waals surface area contributed by atoms with Crippen molar-refractivity contribution in [2.45, 2.75) is 62.9 Å². The van der Waals surface area contributed by atoms with E-state index in [1.165, 1.54) is 4.90 Å². The van der Waals surface area contributed by atoms with E-state index in [1.54, 1.807) is 54.6 Å². The summed E-state index contributed by atoms with van der Waals surface area (Å²) in [5.74, 6) is -2.73. The zero-order valence-corrected chi connectivity index (χ0v) is 26.0. The van der Waals surface area contributed by atoms with Crippen molar-refractivity contribution in [2.24, 2.45) is 5.73 Å². The summed E-state index contributed by atoms with van der Waals surface area (Å²) < 4.78 is 5.20. The van der Waals surface area contributed by atoms with Gasteiger partial charge in [0.25, 0.3) is 5.91 Å². The molecule has 1 fully saturated rings. The van der Waals surface area contributed by atoms with Crippen molar-refractivity contribution in [3.8, 4) is 0 Å². The van der Waals surface area contributed by atoms with Crippen LogP contribution in [0.25, 0.3) is 0 Å². The van der Waals surface area contributed by atoms with Gasteiger partial charge in [-0.15, -0.1) is 0 Å². The summed E-state index contributed by atoms with van der Waals surface area (Å²) in [4.78, 5) is 66.0. The molecule has 0 spiro atoms. The Morgan fingerprint density at radius 3 is 2.06 bits per heavy atom. The molecule has 0 aliphatic carbocycles. The van der Waals surface area contributed by atoms with Gasteiger partial charge >= 0.3 is 6.09 Å². The highest BCUT2D eigenvalue weighted by Gasteiger charge is 2.40. The third-order valence-corrected chi connectivity index (χ3v) is 7.88. The molecule has 4 unspecified atom stereocenters. The first-order chi connectivity index (χ1) is 22.7. The Bertz CT molecular complexity index is 1490. The van der Waals surface area contributed by atoms with Crippen molar-refractivity contribution >= 4 is 29.7 Å². The molecular formula is C35H41N5O7. The molecule has 0 bridgehead atoms. The van der Waals surface area contributed by atoms with E-state index < -0.39 is 54.5 Å². The van der Waals surface area contributed by atoms with Crippen LogP contribution in [0.1, 0.15) is 36.0 Å². The van der Waals surface area contributed by atoms with Gasteiger partial charge in [0.1, 0.15) is 18.7 Å². The number of aliphatic hydroxyl groups excluding tert-OH is 1. The molecule has 12 heteroatoms. The highest BCUT2D eigenvalue weighted by molar-refractivity contribution is 5.93. The van der Waals surface area contributed by atoms with E-state index in [-0.39, 0.29) is 25.5 Å². The topological polar surface area (TPSA) is 180 Å². The van der Waals surface area contributed by atoms with Gasteiger partial charge in [-0.3, -0.25) is 19.2 Å². The lowest BCUT2D eigenvalue weighted by Crippen LogP contribution is -2.58. The molecule has 4 atom stereocenters. The van der Waals surface area contributed by atoms with Crippen LogP contribution < -0.4 is 21.7 Å². The predicted molar refractivity (Wildman–Crippen MR) is 173 cm³/mol. The first-order valence-corrected chi connectivity index (χ1v) is 15.6. The first kappa shape index (κ1) is 34.6. The van der Waals surface area contributed by atoms with E-state index in [2.05, 4.69) is 16.0 Å². The van der Waals surface area contributed by atoms with Crippen LogP contribution in [-0.4, -0.2) is 77.0 Å². The molecule has 1 aliphatic heterocycles. The van der Waals surface area contributed by atoms with Crippen molar-refractivity contribution in [2.75, 3.05) is 13.1 Å². The molecule has 3 aromatic carbocycles. The fourth-order valence-corrected chi connectivity index (χ4v) is 5.45. The number of carbonyl (C=O) groups is 5. The van der Waals surface area contributed by atoms with Crippen molar-refractivity contribution in [1.82, 2.24) is 20.9 Å². The lowest BCUT2D eigenvalue weighted by Gasteiger charge is -2.31. The van der Waals surface area contributed by atoms with Crippen LogP contribution in [0, 0.1) is 0 Å². The fourth-order valence-electron chi connectivity index (χ4n) is 5.45. The van der Waals surface area contributed by atoms with Gasteiger partial charge in [0.15, 0.2) is 6.10 Å². The first-order valence-electron chi connectivity index (χ1n) is 15.6. The summed E-state index contributed by atoms with van der Waals surface area (Å²) in [7, 11) is 0. The van der Waals surface area contributed by atoms with Crippen LogP contribution in [0.2, 0.25) is 0 Å². The molecule has 1 saturated heterocycles. The van der Waals surface area contributed by atoms with Gasteiger partial charge in [-0.2, -0.15) is 0 Å². The van der Waals surface area contributed by atoms with Gasteiger partial charge in [-0.05, 0) is 42.4 Å². The number of nitrogens with zero attached hydrogens (tertiary/aromatic N) is 1. The van der Waals surface area contributed by atoms with Crippen LogP contribution in [0.15, 0.2) is 91.0 Å². The van der Waals surface area contributed by atoms with E-state index >= 15 is 0 Å². The maximum absolute atomic E-state index is 13.7. The maximum Gasteiger partial charge on any atom is 0.408 e. The molecule has 12 nitrogen and oxygen atoms in total. The monoisotopic (exact) mass is 643 g/mol. The van der Waals surface area contributed by atoms with Crippen molar-refractivity contribution in [3.05, 3.63) is 108 Å². The number of benzene rings is 3. The van der Waals surface area contributed by atoms with Crippen molar-refractivity contribution in [3.63, 3.8) is 0 Å². The van der Waals surface area contributed by atoms with Gasteiger partial charge in [-0.25, -0.2) is 4.79 Å². The Morgan fingerprint density at radius 2 is 1.45 bits per heavy atom. The summed E-state index contributed by atoms with van der Waals surface area (Å²) >= 11 is 0. The number of aliphatic hydroxyl groups is 1. The minimum absolute atomic E-state index is 0.0447. The van der Waals surface area contributed by atoms with Gasteiger partial charge in [0.2, 0.25) is 17.7 Å². The quantitative estimate of drug-likeness (QED) is 0.167. The molecule has 0 saturated carbocycles. The molecule has 248 valence electrons. The molecule has 47 heavy (non-hydrogen) atoms. The van der Waals surface area contributed by atoms with E-state index in [9.17, 15) is 29.1 Å². The Kier molecular flexibility index (Phi) is 12.9. The smallest absolute Gasteiger partial charge is 0.408 e. The zero-order chi connectivity index (χ0) is 33.6. The molecule has 5 amide bonds. The standard InChI is InChI=1S/C35H41N5O7/c36-30(41)22-28(39-35(46)47-23-26-15-8-3-9-16-26)32(43)38-27(21-25-13-6-2-7-14-25)31(42)34(45)40-20-10-17-29(40)33(44)37-19-18-24-11-4-1-5-12-24/h1-9,11-16,27-29,31,42H,10,17-23H2,(H2,36,41)(H,37,44)(H,38,43)(H,39,46). The number of primary amides is 1. The van der Waals surface area contributed by atoms with Crippen LogP contribution in [0.3, 0.4) is 0 Å². The summed E-state index contributed by atoms with van der Waals surface area (Å²) in [6, 6.07) is 24.1. The SMILES string of the molecule is NC(=O)CC(NC(=O)OCc1ccccc1)C(=O)NC(Cc1ccccc1)C(O)C(=O)N1CCCC1C(=O)NCCc1ccccc1. The minimum atomic E-state index is -1.74. The summed E-state index contributed by atoms with van der Waals surface area (Å²) in [6.07, 6.45) is -1.57. The molecule has 3 aromatic rings. The Morgan fingerprint density at radius 1 is 0.851 bits per heavy atom. The lowest BCUT2D eigenvalue weighted by atomic mass is 9.99. The fraction of sp³-hybridized carbons (Fsp3) is 0.343. The average molecular weight is 644 g/mol.